The van der Waals surface area contributed by atoms with Gasteiger partial charge in [-0.1, -0.05) is 175 Å². The van der Waals surface area contributed by atoms with Crippen molar-refractivity contribution in [3.05, 3.63) is 185 Å². The molecule has 3 nitrogen and oxygen atoms in total. The van der Waals surface area contributed by atoms with Crippen LogP contribution in [0.1, 0.15) is 107 Å². The number of fused-ring (bicyclic) bond motifs is 3. The Bertz CT molecular complexity index is 2650. The molecule has 0 amide bonds. The molecule has 1 fully saturated rings. The molecule has 1 aliphatic heterocycles. The molecule has 0 bridgehead atoms. The number of allylic oxidation sites excluding steroid dienone is 10. The van der Waals surface area contributed by atoms with E-state index in [0.29, 0.717) is 0 Å². The smallest absolute Gasteiger partial charge is 0.399 e. The highest BCUT2D eigenvalue weighted by Gasteiger charge is 2.51. The van der Waals surface area contributed by atoms with E-state index in [-0.39, 0.29) is 10.8 Å². The minimum absolute atomic E-state index is 0.123. The summed E-state index contributed by atoms with van der Waals surface area (Å²) < 4.78 is 12.9. The summed E-state index contributed by atoms with van der Waals surface area (Å²) in [5.41, 5.74) is 17.6. The molecule has 0 atom stereocenters. The summed E-state index contributed by atoms with van der Waals surface area (Å²) in [5, 5.41) is 0. The van der Waals surface area contributed by atoms with E-state index >= 15 is 0 Å². The van der Waals surface area contributed by atoms with Crippen LogP contribution in [-0.4, -0.2) is 18.3 Å². The lowest BCUT2D eigenvalue weighted by Gasteiger charge is -2.34. The first kappa shape index (κ1) is 43.2. The maximum absolute atomic E-state index is 6.45. The monoisotopic (exact) mass is 818 g/mol. The van der Waals surface area contributed by atoms with E-state index in [9.17, 15) is 0 Å². The Hall–Kier alpha value is -5.42. The summed E-state index contributed by atoms with van der Waals surface area (Å²) in [6, 6.07) is 42.7. The molecule has 0 unspecified atom stereocenters. The van der Waals surface area contributed by atoms with Gasteiger partial charge in [0.15, 0.2) is 0 Å². The fourth-order valence-corrected chi connectivity index (χ4v) is 9.53. The normalized spacial score (nSPS) is 19.8. The Balaban J connectivity index is 1.29. The van der Waals surface area contributed by atoms with Crippen LogP contribution in [0.3, 0.4) is 0 Å². The first-order chi connectivity index (χ1) is 29.6. The molecule has 5 aromatic carbocycles. The minimum Gasteiger partial charge on any atom is -0.399 e. The van der Waals surface area contributed by atoms with Crippen molar-refractivity contribution in [3.8, 4) is 33.4 Å². The molecule has 1 heterocycles. The quantitative estimate of drug-likeness (QED) is 0.131. The zero-order valence-electron chi connectivity index (χ0n) is 38.9. The van der Waals surface area contributed by atoms with E-state index in [1.54, 1.807) is 0 Å². The minimum atomic E-state index is -0.414. The molecule has 4 heteroatoms. The molecule has 1 saturated heterocycles. The maximum atomic E-state index is 6.45. The van der Waals surface area contributed by atoms with Crippen LogP contribution in [0.4, 0.5) is 11.4 Å². The predicted molar refractivity (Wildman–Crippen MR) is 265 cm³/mol. The molecule has 62 heavy (non-hydrogen) atoms. The van der Waals surface area contributed by atoms with Crippen LogP contribution in [0, 0.1) is 5.41 Å². The van der Waals surface area contributed by atoms with Crippen molar-refractivity contribution in [2.24, 2.45) is 5.41 Å². The van der Waals surface area contributed by atoms with E-state index in [2.05, 4.69) is 233 Å². The third kappa shape index (κ3) is 7.82. The van der Waals surface area contributed by atoms with Crippen LogP contribution in [0.5, 0.6) is 0 Å². The van der Waals surface area contributed by atoms with Crippen LogP contribution >= 0.6 is 0 Å². The van der Waals surface area contributed by atoms with Gasteiger partial charge >= 0.3 is 7.12 Å². The molecule has 5 aromatic rings. The third-order valence-corrected chi connectivity index (χ3v) is 14.2. The van der Waals surface area contributed by atoms with Crippen molar-refractivity contribution in [2.45, 2.75) is 112 Å². The Morgan fingerprint density at radius 3 is 1.94 bits per heavy atom. The van der Waals surface area contributed by atoms with E-state index in [0.717, 1.165) is 41.5 Å². The summed E-state index contributed by atoms with van der Waals surface area (Å²) in [7, 11) is -0.414. The fourth-order valence-electron chi connectivity index (χ4n) is 9.53. The standard InChI is InChI=1S/C58H64BNO2/c1-12-23-41-25-16-14-15-24-40(3)55(4,5)52(41)39-47(13-2)60(53-35-22-34-51-54(53)49-32-17-18-33-50(49)56(51,6)7)48-31-21-29-45(38-48)43-27-19-26-42(36-43)44-28-20-30-46(37-44)59-61-57(8,9)58(10,11)62-59/h14-22,24-39H,12-13,23H2,1-11H3/b15-14-,25-16?,40-24+,47-39+,52-41?. The third-order valence-electron chi connectivity index (χ3n) is 14.2. The second-order valence-corrected chi connectivity index (χ2v) is 19.4. The number of anilines is 2. The summed E-state index contributed by atoms with van der Waals surface area (Å²) in [4.78, 5) is 2.57. The number of benzene rings is 5. The van der Waals surface area contributed by atoms with Gasteiger partial charge < -0.3 is 14.2 Å². The zero-order valence-corrected chi connectivity index (χ0v) is 38.9. The van der Waals surface area contributed by atoms with Crippen LogP contribution in [0.15, 0.2) is 174 Å². The SMILES string of the molecule is CCCC1=C(/C=C(\CC)N(c2cccc(-c3cccc(-c4cccc(B5OC(C)(C)C(C)(C)O5)c4)c3)c2)c2cccc3c2-c2ccccc2C3(C)C)C(C)(C)/C(C)=C/C=C\C=C1. The fraction of sp³-hybridized carbons (Fsp3) is 0.310. The number of hydrogen-bond donors (Lipinski definition) is 0. The molecule has 0 saturated carbocycles. The van der Waals surface area contributed by atoms with Gasteiger partial charge in [-0.15, -0.1) is 0 Å². The number of hydrogen-bond acceptors (Lipinski definition) is 3. The summed E-state index contributed by atoms with van der Waals surface area (Å²) in [6.07, 6.45) is 16.6. The van der Waals surface area contributed by atoms with Crippen LogP contribution in [-0.2, 0) is 14.7 Å². The van der Waals surface area contributed by atoms with Crippen molar-refractivity contribution >= 4 is 24.0 Å². The lowest BCUT2D eigenvalue weighted by molar-refractivity contribution is 0.00578. The van der Waals surface area contributed by atoms with E-state index in [1.807, 2.05) is 0 Å². The molecule has 0 radical (unpaired) electrons. The average Bonchev–Trinajstić information content (AvgIpc) is 3.65. The van der Waals surface area contributed by atoms with E-state index in [4.69, 9.17) is 9.31 Å². The van der Waals surface area contributed by atoms with Gasteiger partial charge in [0.1, 0.15) is 0 Å². The molecule has 0 aromatic heterocycles. The van der Waals surface area contributed by atoms with Crippen LogP contribution in [0.2, 0.25) is 0 Å². The number of nitrogens with zero attached hydrogens (tertiary/aromatic N) is 1. The molecular weight excluding hydrogens is 753 g/mol. The highest BCUT2D eigenvalue weighted by Crippen LogP contribution is 2.54. The van der Waals surface area contributed by atoms with Crippen LogP contribution < -0.4 is 10.4 Å². The van der Waals surface area contributed by atoms with Crippen molar-refractivity contribution < 1.29 is 9.31 Å². The largest absolute Gasteiger partial charge is 0.494 e. The van der Waals surface area contributed by atoms with Gasteiger partial charge in [0.2, 0.25) is 0 Å². The Morgan fingerprint density at radius 2 is 1.24 bits per heavy atom. The van der Waals surface area contributed by atoms with Crippen molar-refractivity contribution in [2.75, 3.05) is 4.90 Å². The van der Waals surface area contributed by atoms with Gasteiger partial charge in [-0.05, 0) is 133 Å². The Labute approximate surface area is 372 Å². The Kier molecular flexibility index (Phi) is 11.6. The first-order valence-electron chi connectivity index (χ1n) is 22.7. The summed E-state index contributed by atoms with van der Waals surface area (Å²) in [5.74, 6) is 0. The van der Waals surface area contributed by atoms with Gasteiger partial charge in [-0.3, -0.25) is 0 Å². The van der Waals surface area contributed by atoms with Gasteiger partial charge in [0, 0.05) is 27.8 Å². The van der Waals surface area contributed by atoms with Crippen molar-refractivity contribution in [1.82, 2.24) is 0 Å². The molecule has 0 spiro atoms. The molecule has 0 N–H and O–H groups in total. The zero-order chi connectivity index (χ0) is 44.0. The average molecular weight is 818 g/mol. The lowest BCUT2D eigenvalue weighted by atomic mass is 9.74. The lowest BCUT2D eigenvalue weighted by Crippen LogP contribution is -2.41. The molecule has 3 aliphatic rings. The molecule has 8 rings (SSSR count). The summed E-state index contributed by atoms with van der Waals surface area (Å²) in [6.45, 7) is 24.8. The van der Waals surface area contributed by atoms with E-state index < -0.39 is 18.3 Å². The highest BCUT2D eigenvalue weighted by atomic mass is 16.7. The second kappa shape index (κ2) is 16.7. The van der Waals surface area contributed by atoms with Crippen LogP contribution in [0.25, 0.3) is 33.4 Å². The van der Waals surface area contributed by atoms with Gasteiger partial charge in [0.25, 0.3) is 0 Å². The topological polar surface area (TPSA) is 21.7 Å². The number of rotatable bonds is 10. The van der Waals surface area contributed by atoms with Crippen molar-refractivity contribution in [1.29, 1.82) is 0 Å². The van der Waals surface area contributed by atoms with Gasteiger partial charge in [0.05, 0.1) is 16.9 Å². The highest BCUT2D eigenvalue weighted by molar-refractivity contribution is 6.62. The first-order valence-corrected chi connectivity index (χ1v) is 22.7. The molecule has 2 aliphatic carbocycles. The van der Waals surface area contributed by atoms with Gasteiger partial charge in [-0.2, -0.15) is 0 Å². The maximum Gasteiger partial charge on any atom is 0.494 e. The van der Waals surface area contributed by atoms with Gasteiger partial charge in [-0.25, -0.2) is 0 Å². The van der Waals surface area contributed by atoms with Crippen molar-refractivity contribution in [3.63, 3.8) is 0 Å². The molecule has 316 valence electrons. The van der Waals surface area contributed by atoms with E-state index in [1.165, 1.54) is 61.5 Å². The Morgan fingerprint density at radius 1 is 0.629 bits per heavy atom. The predicted octanol–water partition coefficient (Wildman–Crippen LogP) is 15.3. The molecular formula is C58H64BNO2. The second-order valence-electron chi connectivity index (χ2n) is 19.4. The summed E-state index contributed by atoms with van der Waals surface area (Å²) >= 11 is 0.